The van der Waals surface area contributed by atoms with Crippen LogP contribution in [0.1, 0.15) is 76.3 Å². The van der Waals surface area contributed by atoms with Crippen molar-refractivity contribution < 1.29 is 10.2 Å². The quantitative estimate of drug-likeness (QED) is 0.574. The van der Waals surface area contributed by atoms with Crippen molar-refractivity contribution in [2.75, 3.05) is 0 Å². The number of benzene rings is 1. The Hall–Kier alpha value is -1.57. The molecule has 0 saturated carbocycles. The topological polar surface area (TPSA) is 40.5 Å². The molecule has 0 amide bonds. The standard InChI is InChI=1S/C18H24B2O2.C3H6/c1-3-4-8-18(19,20)14-10-15(21)17(16(22)11-14)13-7-5-6-12(2)9-13;1-3-2/h9-11,13,21-22H,3-8H2,1-2H3;3H,1H2,2H3. The van der Waals surface area contributed by atoms with Crippen molar-refractivity contribution in [2.24, 2.45) is 0 Å². The van der Waals surface area contributed by atoms with Gasteiger partial charge in [-0.2, -0.15) is 0 Å². The number of phenols is 2. The van der Waals surface area contributed by atoms with Crippen molar-refractivity contribution in [2.45, 2.75) is 70.4 Å². The van der Waals surface area contributed by atoms with E-state index in [1.807, 2.05) is 6.92 Å². The molecule has 0 heterocycles. The molecule has 1 unspecified atom stereocenters. The van der Waals surface area contributed by atoms with Crippen molar-refractivity contribution in [3.05, 3.63) is 47.6 Å². The third-order valence-electron chi connectivity index (χ3n) is 4.56. The maximum absolute atomic E-state index is 10.4. The first-order chi connectivity index (χ1) is 11.8. The second-order valence-electron chi connectivity index (χ2n) is 6.99. The highest BCUT2D eigenvalue weighted by atomic mass is 16.3. The average molecular weight is 336 g/mol. The first-order valence-corrected chi connectivity index (χ1v) is 9.15. The number of allylic oxidation sites excluding steroid dienone is 3. The number of hydrogen-bond acceptors (Lipinski definition) is 2. The molecule has 132 valence electrons. The first-order valence-electron chi connectivity index (χ1n) is 9.15. The van der Waals surface area contributed by atoms with Crippen LogP contribution in [0.15, 0.2) is 36.4 Å². The minimum absolute atomic E-state index is 0.0587. The van der Waals surface area contributed by atoms with Crippen molar-refractivity contribution in [1.29, 1.82) is 0 Å². The van der Waals surface area contributed by atoms with Crippen molar-refractivity contribution >= 4 is 15.7 Å². The zero-order chi connectivity index (χ0) is 19.0. The number of hydrogen-bond donors (Lipinski definition) is 2. The Labute approximate surface area is 155 Å². The van der Waals surface area contributed by atoms with E-state index < -0.39 is 5.21 Å². The summed E-state index contributed by atoms with van der Waals surface area (Å²) in [6.07, 6.45) is 9.49. The highest BCUT2D eigenvalue weighted by molar-refractivity contribution is 6.40. The van der Waals surface area contributed by atoms with Crippen LogP contribution in [0.2, 0.25) is 0 Å². The number of aromatic hydroxyl groups is 2. The minimum atomic E-state index is -1.03. The van der Waals surface area contributed by atoms with E-state index in [0.29, 0.717) is 17.5 Å². The van der Waals surface area contributed by atoms with Gasteiger partial charge in [0.05, 0.1) is 15.7 Å². The molecule has 0 saturated heterocycles. The average Bonchev–Trinajstić information content (AvgIpc) is 2.53. The van der Waals surface area contributed by atoms with Crippen LogP contribution in [0.25, 0.3) is 0 Å². The van der Waals surface area contributed by atoms with Crippen LogP contribution in [-0.4, -0.2) is 25.9 Å². The fraction of sp³-hybridized carbons (Fsp3) is 0.524. The van der Waals surface area contributed by atoms with Gasteiger partial charge in [0, 0.05) is 11.5 Å². The van der Waals surface area contributed by atoms with E-state index in [-0.39, 0.29) is 17.4 Å². The molecule has 0 fully saturated rings. The lowest BCUT2D eigenvalue weighted by atomic mass is 9.49. The molecule has 1 aliphatic carbocycles. The van der Waals surface area contributed by atoms with Gasteiger partial charge in [-0.25, -0.2) is 0 Å². The normalized spacial score (nSPS) is 17.2. The van der Waals surface area contributed by atoms with E-state index in [2.05, 4.69) is 26.5 Å². The van der Waals surface area contributed by atoms with Crippen molar-refractivity contribution in [3.63, 3.8) is 0 Å². The molecule has 0 bridgehead atoms. The lowest BCUT2D eigenvalue weighted by Crippen LogP contribution is -2.26. The zero-order valence-electron chi connectivity index (χ0n) is 15.9. The first kappa shape index (κ1) is 21.5. The van der Waals surface area contributed by atoms with Crippen LogP contribution in [0.4, 0.5) is 0 Å². The van der Waals surface area contributed by atoms with Gasteiger partial charge in [0.1, 0.15) is 11.5 Å². The molecule has 1 atom stereocenters. The molecule has 2 nitrogen and oxygen atoms in total. The number of rotatable bonds is 5. The van der Waals surface area contributed by atoms with E-state index in [1.165, 1.54) is 5.57 Å². The molecular formula is C21H30B2O2. The van der Waals surface area contributed by atoms with Crippen LogP contribution < -0.4 is 0 Å². The Kier molecular flexibility index (Phi) is 8.41. The summed E-state index contributed by atoms with van der Waals surface area (Å²) in [7, 11) is 12.3. The third-order valence-corrected chi connectivity index (χ3v) is 4.56. The molecule has 2 N–H and O–H groups in total. The molecule has 4 radical (unpaired) electrons. The van der Waals surface area contributed by atoms with Crippen LogP contribution in [0.5, 0.6) is 11.5 Å². The van der Waals surface area contributed by atoms with Crippen LogP contribution >= 0.6 is 0 Å². The largest absolute Gasteiger partial charge is 0.507 e. The van der Waals surface area contributed by atoms with Crippen LogP contribution in [0.3, 0.4) is 0 Å². The van der Waals surface area contributed by atoms with E-state index in [9.17, 15) is 10.2 Å². The molecule has 0 aliphatic heterocycles. The Morgan fingerprint density at radius 2 is 1.84 bits per heavy atom. The van der Waals surface area contributed by atoms with Gasteiger partial charge in [-0.05, 0) is 45.2 Å². The molecule has 1 aromatic rings. The molecule has 0 spiro atoms. The van der Waals surface area contributed by atoms with E-state index in [1.54, 1.807) is 18.2 Å². The van der Waals surface area contributed by atoms with Gasteiger partial charge in [-0.15, -0.1) is 6.58 Å². The second kappa shape index (κ2) is 9.79. The summed E-state index contributed by atoms with van der Waals surface area (Å²) in [6, 6.07) is 3.23. The fourth-order valence-corrected chi connectivity index (χ4v) is 3.22. The SMILES string of the molecule is C=CC.[B]C([B])(CCCC)c1cc(O)c(C2C=C(C)CCC2)c(O)c1. The molecule has 1 aliphatic rings. The summed E-state index contributed by atoms with van der Waals surface area (Å²) in [6.45, 7) is 9.41. The van der Waals surface area contributed by atoms with Gasteiger partial charge in [0.15, 0.2) is 0 Å². The number of phenolic OH excluding ortho intramolecular Hbond substituents is 2. The molecular weight excluding hydrogens is 306 g/mol. The Morgan fingerprint density at radius 1 is 1.28 bits per heavy atom. The molecule has 1 aromatic carbocycles. The molecule has 2 rings (SSSR count). The molecule has 0 aromatic heterocycles. The maximum Gasteiger partial charge on any atom is 0.123 e. The van der Waals surface area contributed by atoms with Gasteiger partial charge in [0.25, 0.3) is 0 Å². The predicted octanol–water partition coefficient (Wildman–Crippen LogP) is 5.18. The van der Waals surface area contributed by atoms with Gasteiger partial charge in [-0.3, -0.25) is 0 Å². The fourth-order valence-electron chi connectivity index (χ4n) is 3.22. The highest BCUT2D eigenvalue weighted by Gasteiger charge is 2.25. The zero-order valence-corrected chi connectivity index (χ0v) is 15.9. The highest BCUT2D eigenvalue weighted by Crippen LogP contribution is 2.43. The van der Waals surface area contributed by atoms with Gasteiger partial charge < -0.3 is 10.2 Å². The summed E-state index contributed by atoms with van der Waals surface area (Å²) in [5.41, 5.74) is 2.47. The van der Waals surface area contributed by atoms with Crippen molar-refractivity contribution in [1.82, 2.24) is 0 Å². The second-order valence-corrected chi connectivity index (χ2v) is 6.99. The van der Waals surface area contributed by atoms with E-state index in [0.717, 1.165) is 32.1 Å². The minimum Gasteiger partial charge on any atom is -0.507 e. The van der Waals surface area contributed by atoms with E-state index >= 15 is 0 Å². The van der Waals surface area contributed by atoms with Crippen molar-refractivity contribution in [3.8, 4) is 11.5 Å². The summed E-state index contributed by atoms with van der Waals surface area (Å²) >= 11 is 0. The Balaban J connectivity index is 0.000000970. The van der Waals surface area contributed by atoms with Gasteiger partial charge in [-0.1, -0.05) is 54.7 Å². The summed E-state index contributed by atoms with van der Waals surface area (Å²) < 4.78 is 0. The van der Waals surface area contributed by atoms with Crippen LogP contribution in [-0.2, 0) is 5.21 Å². The third kappa shape index (κ3) is 6.02. The Morgan fingerprint density at radius 3 is 2.32 bits per heavy atom. The van der Waals surface area contributed by atoms with Gasteiger partial charge >= 0.3 is 0 Å². The Bertz CT molecular complexity index is 583. The maximum atomic E-state index is 10.4. The summed E-state index contributed by atoms with van der Waals surface area (Å²) in [4.78, 5) is 0. The monoisotopic (exact) mass is 336 g/mol. The smallest absolute Gasteiger partial charge is 0.123 e. The molecule has 25 heavy (non-hydrogen) atoms. The van der Waals surface area contributed by atoms with Gasteiger partial charge in [0.2, 0.25) is 0 Å². The van der Waals surface area contributed by atoms with E-state index in [4.69, 9.17) is 15.7 Å². The molecule has 4 heteroatoms. The van der Waals surface area contributed by atoms with Crippen LogP contribution in [0, 0.1) is 0 Å². The summed E-state index contributed by atoms with van der Waals surface area (Å²) in [5, 5.41) is 19.8. The lowest BCUT2D eigenvalue weighted by molar-refractivity contribution is 0.426. The summed E-state index contributed by atoms with van der Waals surface area (Å²) in [5.74, 6) is 0.230. The lowest BCUT2D eigenvalue weighted by Gasteiger charge is -2.28. The number of unbranched alkanes of at least 4 members (excludes halogenated alkanes) is 1. The predicted molar refractivity (Wildman–Crippen MR) is 109 cm³/mol.